The molecule has 186 valence electrons. The SMILES string of the molecule is CC(C)[C@@H](CN1CCN(C2=CC(O)CCC2)[C@@H](C)C1)NC(=O)c1ccc(Oc2c#cccc2)nc1. The molecule has 0 radical (unpaired) electrons. The Bertz CT molecular complexity index is 993. The summed E-state index contributed by atoms with van der Waals surface area (Å²) >= 11 is 0. The second kappa shape index (κ2) is 11.6. The molecule has 0 bridgehead atoms. The van der Waals surface area contributed by atoms with Gasteiger partial charge in [-0.15, -0.1) is 0 Å². The number of pyridine rings is 1. The average Bonchev–Trinajstić information content (AvgIpc) is 2.84. The topological polar surface area (TPSA) is 77.9 Å². The zero-order chi connectivity index (χ0) is 24.8. The molecule has 0 spiro atoms. The molecule has 4 rings (SSSR count). The first kappa shape index (κ1) is 25.0. The summed E-state index contributed by atoms with van der Waals surface area (Å²) in [7, 11) is 0. The molecular weight excluding hydrogens is 440 g/mol. The number of rotatable bonds is 8. The Balaban J connectivity index is 1.31. The van der Waals surface area contributed by atoms with Crippen LogP contribution in [0.2, 0.25) is 0 Å². The zero-order valence-corrected chi connectivity index (χ0v) is 20.9. The minimum Gasteiger partial charge on any atom is -0.430 e. The van der Waals surface area contributed by atoms with E-state index in [1.807, 2.05) is 12.1 Å². The molecule has 2 heterocycles. The van der Waals surface area contributed by atoms with Crippen LogP contribution in [0.25, 0.3) is 0 Å². The second-order valence-corrected chi connectivity index (χ2v) is 9.89. The molecule has 1 aromatic carbocycles. The van der Waals surface area contributed by atoms with E-state index in [0.29, 0.717) is 29.2 Å². The van der Waals surface area contributed by atoms with Crippen molar-refractivity contribution in [3.8, 4) is 11.6 Å². The molecule has 35 heavy (non-hydrogen) atoms. The fourth-order valence-electron chi connectivity index (χ4n) is 4.78. The van der Waals surface area contributed by atoms with Gasteiger partial charge in [0.15, 0.2) is 5.75 Å². The molecule has 1 amide bonds. The summed E-state index contributed by atoms with van der Waals surface area (Å²) in [5, 5.41) is 13.2. The van der Waals surface area contributed by atoms with Gasteiger partial charge in [-0.05, 0) is 68.5 Å². The van der Waals surface area contributed by atoms with E-state index in [9.17, 15) is 9.90 Å². The van der Waals surface area contributed by atoms with Crippen molar-refractivity contribution in [2.75, 3.05) is 26.2 Å². The predicted octanol–water partition coefficient (Wildman–Crippen LogP) is 3.66. The number of nitrogens with one attached hydrogen (secondary N) is 1. The molecule has 2 aliphatic rings. The van der Waals surface area contributed by atoms with Crippen LogP contribution in [0.1, 0.15) is 50.4 Å². The van der Waals surface area contributed by atoms with E-state index in [4.69, 9.17) is 4.74 Å². The van der Waals surface area contributed by atoms with Gasteiger partial charge < -0.3 is 20.1 Å². The lowest BCUT2D eigenvalue weighted by Crippen LogP contribution is -2.55. The van der Waals surface area contributed by atoms with Crippen molar-refractivity contribution in [2.45, 2.75) is 58.2 Å². The first-order valence-corrected chi connectivity index (χ1v) is 12.6. The van der Waals surface area contributed by atoms with Crippen LogP contribution in [0.15, 0.2) is 48.3 Å². The number of hydrogen-bond donors (Lipinski definition) is 2. The quantitative estimate of drug-likeness (QED) is 0.606. The van der Waals surface area contributed by atoms with Crippen molar-refractivity contribution in [1.29, 1.82) is 0 Å². The molecule has 2 aromatic rings. The van der Waals surface area contributed by atoms with Crippen LogP contribution in [-0.4, -0.2) is 70.2 Å². The number of allylic oxidation sites excluding steroid dienone is 1. The molecule has 1 fully saturated rings. The maximum atomic E-state index is 13.0. The highest BCUT2D eigenvalue weighted by atomic mass is 16.5. The summed E-state index contributed by atoms with van der Waals surface area (Å²) in [4.78, 5) is 22.1. The summed E-state index contributed by atoms with van der Waals surface area (Å²) in [6.45, 7) is 10.2. The lowest BCUT2D eigenvalue weighted by Gasteiger charge is -2.44. The number of hydrogen-bond acceptors (Lipinski definition) is 6. The van der Waals surface area contributed by atoms with Gasteiger partial charge in [-0.2, -0.15) is 0 Å². The third-order valence-corrected chi connectivity index (χ3v) is 6.81. The zero-order valence-electron chi connectivity index (χ0n) is 20.9. The fraction of sp³-hybridized carbons (Fsp3) is 0.500. The maximum Gasteiger partial charge on any atom is 0.253 e. The van der Waals surface area contributed by atoms with E-state index in [0.717, 1.165) is 45.4 Å². The average molecular weight is 477 g/mol. The third-order valence-electron chi connectivity index (χ3n) is 6.81. The number of aliphatic hydroxyl groups is 1. The van der Waals surface area contributed by atoms with E-state index < -0.39 is 0 Å². The first-order chi connectivity index (χ1) is 16.9. The van der Waals surface area contributed by atoms with Gasteiger partial charge in [0.2, 0.25) is 5.88 Å². The number of nitrogens with zero attached hydrogens (tertiary/aromatic N) is 3. The monoisotopic (exact) mass is 476 g/mol. The van der Waals surface area contributed by atoms with Gasteiger partial charge in [-0.1, -0.05) is 19.9 Å². The Hall–Kier alpha value is -3.08. The van der Waals surface area contributed by atoms with Crippen LogP contribution < -0.4 is 10.1 Å². The van der Waals surface area contributed by atoms with Crippen molar-refractivity contribution in [2.24, 2.45) is 5.92 Å². The molecule has 3 atom stereocenters. The minimum absolute atomic E-state index is 0.0300. The van der Waals surface area contributed by atoms with Crippen molar-refractivity contribution in [3.05, 3.63) is 66.0 Å². The summed E-state index contributed by atoms with van der Waals surface area (Å²) in [6, 6.07) is 14.9. The molecule has 0 saturated carbocycles. The normalized spacial score (nSPS) is 21.7. The number of ether oxygens (including phenoxy) is 1. The van der Waals surface area contributed by atoms with E-state index in [1.54, 1.807) is 30.5 Å². The standard InChI is InChI=1S/C28H36N4O3/c1-20(2)26(19-31-14-15-32(21(3)18-31)23-8-7-9-24(33)16-23)30-28(34)22-12-13-27(29-17-22)35-25-10-5-4-6-11-25/h4-5,10,12-13,16-17,20-21,24,26,33H,7-9,14-15,18-19H2,1-3H3,(H,30,34)/t21-,24?,26+/m0/s1. The van der Waals surface area contributed by atoms with E-state index in [1.165, 1.54) is 5.70 Å². The molecule has 1 saturated heterocycles. The number of carbonyl (C=O) groups excluding carboxylic acids is 1. The van der Waals surface area contributed by atoms with Crippen molar-refractivity contribution < 1.29 is 14.6 Å². The lowest BCUT2D eigenvalue weighted by atomic mass is 9.98. The van der Waals surface area contributed by atoms with Gasteiger partial charge in [-0.25, -0.2) is 4.98 Å². The number of amides is 1. The van der Waals surface area contributed by atoms with Gasteiger partial charge in [0.25, 0.3) is 5.91 Å². The smallest absolute Gasteiger partial charge is 0.253 e. The number of aromatic nitrogens is 1. The molecule has 7 heteroatoms. The van der Waals surface area contributed by atoms with Crippen LogP contribution in [0.4, 0.5) is 0 Å². The van der Waals surface area contributed by atoms with Gasteiger partial charge in [0.1, 0.15) is 0 Å². The molecule has 2 N–H and O–H groups in total. The van der Waals surface area contributed by atoms with Crippen LogP contribution in [-0.2, 0) is 0 Å². The van der Waals surface area contributed by atoms with E-state index in [2.05, 4.69) is 53.0 Å². The van der Waals surface area contributed by atoms with Crippen molar-refractivity contribution in [3.63, 3.8) is 0 Å². The molecule has 1 aromatic heterocycles. The van der Waals surface area contributed by atoms with Gasteiger partial charge in [0, 0.05) is 56.2 Å². The highest BCUT2D eigenvalue weighted by Crippen LogP contribution is 2.25. The van der Waals surface area contributed by atoms with Crippen molar-refractivity contribution >= 4 is 5.91 Å². The van der Waals surface area contributed by atoms with Crippen molar-refractivity contribution in [1.82, 2.24) is 20.1 Å². The summed E-state index contributed by atoms with van der Waals surface area (Å²) in [5.74, 6) is 1.10. The highest BCUT2D eigenvalue weighted by molar-refractivity contribution is 5.94. The second-order valence-electron chi connectivity index (χ2n) is 9.89. The molecular formula is C28H36N4O3. The Morgan fingerprint density at radius 3 is 2.83 bits per heavy atom. The number of aliphatic hydroxyl groups excluding tert-OH is 1. The first-order valence-electron chi connectivity index (χ1n) is 12.6. The number of piperazine rings is 1. The Morgan fingerprint density at radius 1 is 1.31 bits per heavy atom. The Morgan fingerprint density at radius 2 is 2.17 bits per heavy atom. The van der Waals surface area contributed by atoms with Crippen LogP contribution in [0, 0.1) is 18.1 Å². The van der Waals surface area contributed by atoms with Crippen LogP contribution >= 0.6 is 0 Å². The Kier molecular flexibility index (Phi) is 8.27. The summed E-state index contributed by atoms with van der Waals surface area (Å²) in [5.41, 5.74) is 1.79. The van der Waals surface area contributed by atoms with E-state index >= 15 is 0 Å². The summed E-state index contributed by atoms with van der Waals surface area (Å²) in [6.07, 6.45) is 6.23. The third kappa shape index (κ3) is 6.74. The van der Waals surface area contributed by atoms with Gasteiger partial charge in [-0.3, -0.25) is 9.69 Å². The summed E-state index contributed by atoms with van der Waals surface area (Å²) < 4.78 is 5.64. The van der Waals surface area contributed by atoms with Crippen LogP contribution in [0.3, 0.4) is 0 Å². The van der Waals surface area contributed by atoms with E-state index in [-0.39, 0.29) is 18.1 Å². The predicted molar refractivity (Wildman–Crippen MR) is 135 cm³/mol. The molecule has 1 aliphatic heterocycles. The minimum atomic E-state index is -0.310. The lowest BCUT2D eigenvalue weighted by molar-refractivity contribution is 0.0791. The molecule has 1 aliphatic carbocycles. The number of carbonyl (C=O) groups is 1. The van der Waals surface area contributed by atoms with Gasteiger partial charge in [0.05, 0.1) is 11.7 Å². The largest absolute Gasteiger partial charge is 0.430 e. The fourth-order valence-corrected chi connectivity index (χ4v) is 4.78. The Labute approximate surface area is 208 Å². The molecule has 7 nitrogen and oxygen atoms in total. The maximum absolute atomic E-state index is 13.0. The highest BCUT2D eigenvalue weighted by Gasteiger charge is 2.29. The molecule has 1 unspecified atom stereocenters. The van der Waals surface area contributed by atoms with Crippen LogP contribution in [0.5, 0.6) is 11.6 Å². The van der Waals surface area contributed by atoms with Gasteiger partial charge >= 0.3 is 0 Å².